The van der Waals surface area contributed by atoms with Crippen LogP contribution in [0.25, 0.3) is 5.52 Å². The highest BCUT2D eigenvalue weighted by atomic mass is 79.9. The average Bonchev–Trinajstić information content (AvgIpc) is 2.44. The minimum absolute atomic E-state index is 0.396. The fraction of sp³-hybridized carbons (Fsp3) is 0.125. The van der Waals surface area contributed by atoms with Crippen molar-refractivity contribution in [1.29, 1.82) is 0 Å². The lowest BCUT2D eigenvalue weighted by atomic mass is 10.4. The minimum Gasteiger partial charge on any atom is -0.324 e. The van der Waals surface area contributed by atoms with Gasteiger partial charge in [0, 0.05) is 6.20 Å². The molecule has 0 aliphatic rings. The number of halogens is 2. The van der Waals surface area contributed by atoms with E-state index in [0.717, 1.165) is 15.9 Å². The number of rotatable bonds is 1. The first-order chi connectivity index (χ1) is 6.24. The highest BCUT2D eigenvalue weighted by Gasteiger charge is 2.09. The van der Waals surface area contributed by atoms with Crippen LogP contribution >= 0.6 is 27.5 Å². The molecule has 0 aromatic carbocycles. The van der Waals surface area contributed by atoms with E-state index in [1.165, 1.54) is 0 Å². The zero-order valence-corrected chi connectivity index (χ0v) is 9.01. The van der Waals surface area contributed by atoms with Crippen LogP contribution in [0.3, 0.4) is 0 Å². The first kappa shape index (κ1) is 8.99. The summed E-state index contributed by atoms with van der Waals surface area (Å²) in [5.74, 6) is 0.796. The van der Waals surface area contributed by atoms with Gasteiger partial charge in [0.05, 0.1) is 17.1 Å². The van der Waals surface area contributed by atoms with Gasteiger partial charge in [-0.25, -0.2) is 4.98 Å². The molecule has 0 radical (unpaired) electrons. The summed E-state index contributed by atoms with van der Waals surface area (Å²) >= 11 is 9.34. The maximum absolute atomic E-state index is 6.00. The van der Waals surface area contributed by atoms with Crippen LogP contribution in [-0.2, 0) is 6.54 Å². The molecular weight excluding hydrogens is 253 g/mol. The Morgan fingerprint density at radius 1 is 1.62 bits per heavy atom. The van der Waals surface area contributed by atoms with E-state index in [9.17, 15) is 0 Å². The van der Waals surface area contributed by atoms with E-state index in [1.807, 2.05) is 22.7 Å². The normalized spacial score (nSPS) is 11.0. The predicted molar refractivity (Wildman–Crippen MR) is 55.8 cm³/mol. The largest absolute Gasteiger partial charge is 0.324 e. The van der Waals surface area contributed by atoms with Crippen molar-refractivity contribution in [3.8, 4) is 0 Å². The predicted octanol–water partition coefficient (Wildman–Crippen LogP) is 2.21. The van der Waals surface area contributed by atoms with Gasteiger partial charge in [-0.05, 0) is 28.1 Å². The van der Waals surface area contributed by atoms with Crippen molar-refractivity contribution in [2.24, 2.45) is 5.73 Å². The second-order valence-electron chi connectivity index (χ2n) is 2.60. The van der Waals surface area contributed by atoms with Crippen molar-refractivity contribution >= 4 is 33.0 Å². The number of imidazole rings is 1. The molecule has 0 saturated heterocycles. The summed E-state index contributed by atoms with van der Waals surface area (Å²) in [7, 11) is 0. The summed E-state index contributed by atoms with van der Waals surface area (Å²) < 4.78 is 2.62. The molecule has 68 valence electrons. The number of fused-ring (bicyclic) bond motifs is 1. The topological polar surface area (TPSA) is 43.3 Å². The third-order valence-electron chi connectivity index (χ3n) is 1.83. The maximum atomic E-state index is 6.00. The second-order valence-corrected chi connectivity index (χ2v) is 3.76. The number of pyridine rings is 1. The molecule has 0 amide bonds. The lowest BCUT2D eigenvalue weighted by molar-refractivity contribution is 0.901. The van der Waals surface area contributed by atoms with Gasteiger partial charge in [0.2, 0.25) is 0 Å². The van der Waals surface area contributed by atoms with Gasteiger partial charge in [-0.2, -0.15) is 0 Å². The summed E-state index contributed by atoms with van der Waals surface area (Å²) in [5.41, 5.74) is 6.40. The van der Waals surface area contributed by atoms with E-state index >= 15 is 0 Å². The number of nitrogens with two attached hydrogens (primary N) is 1. The molecule has 2 aromatic heterocycles. The Bertz CT molecular complexity index is 452. The Labute approximate surface area is 88.6 Å². The van der Waals surface area contributed by atoms with Crippen molar-refractivity contribution in [3.63, 3.8) is 0 Å². The Morgan fingerprint density at radius 3 is 3.08 bits per heavy atom. The van der Waals surface area contributed by atoms with Crippen molar-refractivity contribution in [1.82, 2.24) is 9.38 Å². The van der Waals surface area contributed by atoms with Gasteiger partial charge in [0.25, 0.3) is 0 Å². The molecule has 5 heteroatoms. The van der Waals surface area contributed by atoms with Gasteiger partial charge >= 0.3 is 0 Å². The monoisotopic (exact) mass is 259 g/mol. The molecule has 0 bridgehead atoms. The molecule has 2 heterocycles. The van der Waals surface area contributed by atoms with Crippen LogP contribution < -0.4 is 5.73 Å². The van der Waals surface area contributed by atoms with E-state index in [4.69, 9.17) is 17.3 Å². The van der Waals surface area contributed by atoms with Gasteiger partial charge in [-0.15, -0.1) is 0 Å². The standard InChI is InChI=1S/C8H7BrClN3/c9-8-7-5(10)2-1-3-13(7)6(4-11)12-8/h1-3H,4,11H2. The van der Waals surface area contributed by atoms with Crippen LogP contribution in [0.1, 0.15) is 5.82 Å². The summed E-state index contributed by atoms with van der Waals surface area (Å²) in [5, 5.41) is 0.668. The SMILES string of the molecule is NCc1nc(Br)c2c(Cl)cccn12. The fourth-order valence-corrected chi connectivity index (χ4v) is 2.24. The van der Waals surface area contributed by atoms with Crippen LogP contribution in [-0.4, -0.2) is 9.38 Å². The highest BCUT2D eigenvalue weighted by molar-refractivity contribution is 9.10. The van der Waals surface area contributed by atoms with Gasteiger partial charge in [0.15, 0.2) is 0 Å². The van der Waals surface area contributed by atoms with E-state index in [2.05, 4.69) is 20.9 Å². The molecule has 13 heavy (non-hydrogen) atoms. The fourth-order valence-electron chi connectivity index (χ4n) is 1.26. The van der Waals surface area contributed by atoms with E-state index in [-0.39, 0.29) is 0 Å². The lowest BCUT2D eigenvalue weighted by Crippen LogP contribution is -2.01. The van der Waals surface area contributed by atoms with Crippen LogP contribution in [0.2, 0.25) is 5.02 Å². The molecule has 0 aliphatic heterocycles. The summed E-state index contributed by atoms with van der Waals surface area (Å²) in [6, 6.07) is 3.69. The first-order valence-corrected chi connectivity index (χ1v) is 4.92. The zero-order valence-electron chi connectivity index (χ0n) is 6.67. The van der Waals surface area contributed by atoms with Gasteiger partial charge < -0.3 is 10.1 Å². The number of hydrogen-bond donors (Lipinski definition) is 1. The minimum atomic E-state index is 0.396. The van der Waals surface area contributed by atoms with Crippen LogP contribution in [0, 0.1) is 0 Å². The van der Waals surface area contributed by atoms with Crippen molar-refractivity contribution in [3.05, 3.63) is 33.8 Å². The van der Waals surface area contributed by atoms with Crippen LogP contribution in [0.5, 0.6) is 0 Å². The Morgan fingerprint density at radius 2 is 2.38 bits per heavy atom. The first-order valence-electron chi connectivity index (χ1n) is 3.75. The number of aromatic nitrogens is 2. The molecule has 2 aromatic rings. The maximum Gasteiger partial charge on any atom is 0.133 e. The summed E-state index contributed by atoms with van der Waals surface area (Å²) in [6.07, 6.45) is 1.89. The van der Waals surface area contributed by atoms with Crippen LogP contribution in [0.4, 0.5) is 0 Å². The molecule has 0 unspecified atom stereocenters. The average molecular weight is 261 g/mol. The molecule has 0 aliphatic carbocycles. The zero-order chi connectivity index (χ0) is 9.42. The van der Waals surface area contributed by atoms with Gasteiger partial charge in [-0.3, -0.25) is 0 Å². The molecular formula is C8H7BrClN3. The van der Waals surface area contributed by atoms with Crippen LogP contribution in [0.15, 0.2) is 22.9 Å². The number of nitrogens with zero attached hydrogens (tertiary/aromatic N) is 2. The van der Waals surface area contributed by atoms with Crippen molar-refractivity contribution in [2.75, 3.05) is 0 Å². The van der Waals surface area contributed by atoms with Gasteiger partial charge in [0.1, 0.15) is 10.4 Å². The van der Waals surface area contributed by atoms with Crippen molar-refractivity contribution < 1.29 is 0 Å². The molecule has 0 spiro atoms. The highest BCUT2D eigenvalue weighted by Crippen LogP contribution is 2.25. The molecule has 2 rings (SSSR count). The Hall–Kier alpha value is -0.580. The number of hydrogen-bond acceptors (Lipinski definition) is 2. The quantitative estimate of drug-likeness (QED) is 0.854. The molecule has 0 saturated carbocycles. The third kappa shape index (κ3) is 1.35. The van der Waals surface area contributed by atoms with Crippen molar-refractivity contribution in [2.45, 2.75) is 6.54 Å². The molecule has 2 N–H and O–H groups in total. The second kappa shape index (κ2) is 3.29. The Kier molecular flexibility index (Phi) is 2.27. The lowest BCUT2D eigenvalue weighted by Gasteiger charge is -1.98. The molecule has 3 nitrogen and oxygen atoms in total. The molecule has 0 atom stereocenters. The summed E-state index contributed by atoms with van der Waals surface area (Å²) in [6.45, 7) is 0.396. The van der Waals surface area contributed by atoms with Gasteiger partial charge in [-0.1, -0.05) is 11.6 Å². The van der Waals surface area contributed by atoms with E-state index in [0.29, 0.717) is 11.6 Å². The summed E-state index contributed by atoms with van der Waals surface area (Å²) in [4.78, 5) is 4.24. The third-order valence-corrected chi connectivity index (χ3v) is 2.69. The van der Waals surface area contributed by atoms with E-state index < -0.39 is 0 Å². The molecule has 0 fully saturated rings. The Balaban J connectivity index is 2.87. The van der Waals surface area contributed by atoms with E-state index in [1.54, 1.807) is 0 Å². The smallest absolute Gasteiger partial charge is 0.133 e.